The van der Waals surface area contributed by atoms with Crippen LogP contribution in [-0.4, -0.2) is 48.3 Å². The first-order chi connectivity index (χ1) is 10.2. The van der Waals surface area contributed by atoms with Crippen molar-refractivity contribution in [2.24, 2.45) is 0 Å². The predicted molar refractivity (Wildman–Crippen MR) is 81.2 cm³/mol. The third kappa shape index (κ3) is 6.43. The van der Waals surface area contributed by atoms with Crippen LogP contribution in [0.1, 0.15) is 37.7 Å². The van der Waals surface area contributed by atoms with Gasteiger partial charge >= 0.3 is 0 Å². The Labute approximate surface area is 130 Å². The number of furan rings is 1. The largest absolute Gasteiger partial charge is 0.459 e. The number of hydrogen-bond acceptors (Lipinski definition) is 4. The molecule has 122 valence electrons. The number of rotatable bonds is 6. The maximum Gasteiger partial charge on any atom is 0.286 e. The van der Waals surface area contributed by atoms with Crippen molar-refractivity contribution < 1.29 is 18.8 Å². The number of hydrogen-bond donors (Lipinski definition) is 2. The van der Waals surface area contributed by atoms with E-state index in [2.05, 4.69) is 10.6 Å². The zero-order chi connectivity index (χ0) is 16.8. The zero-order valence-corrected chi connectivity index (χ0v) is 13.4. The van der Waals surface area contributed by atoms with Gasteiger partial charge in [0.2, 0.25) is 11.8 Å². The van der Waals surface area contributed by atoms with Crippen molar-refractivity contribution in [3.8, 4) is 0 Å². The quantitative estimate of drug-likeness (QED) is 0.812. The molecule has 0 saturated heterocycles. The van der Waals surface area contributed by atoms with Crippen LogP contribution in [0.15, 0.2) is 22.8 Å². The van der Waals surface area contributed by atoms with E-state index in [0.29, 0.717) is 0 Å². The first kappa shape index (κ1) is 17.7. The van der Waals surface area contributed by atoms with Crippen molar-refractivity contribution in [1.82, 2.24) is 15.5 Å². The fraction of sp³-hybridized carbons (Fsp3) is 0.533. The molecule has 0 unspecified atom stereocenters. The molecule has 1 rings (SSSR count). The van der Waals surface area contributed by atoms with Gasteiger partial charge in [0.15, 0.2) is 5.76 Å². The maximum atomic E-state index is 11.9. The fourth-order valence-electron chi connectivity index (χ4n) is 1.73. The van der Waals surface area contributed by atoms with Crippen molar-refractivity contribution in [2.45, 2.75) is 32.7 Å². The number of nitrogens with zero attached hydrogens (tertiary/aromatic N) is 1. The standard InChI is InChI=1S/C15H23N3O4/c1-15(2,3)17-12(19)10-18(4)13(20)7-8-16-14(21)11-6-5-9-22-11/h5-6,9H,7-8,10H2,1-4H3,(H,16,21)(H,17,19). The minimum atomic E-state index is -0.370. The Morgan fingerprint density at radius 2 is 1.95 bits per heavy atom. The van der Waals surface area contributed by atoms with Crippen LogP contribution in [0.3, 0.4) is 0 Å². The number of carbonyl (C=O) groups excluding carboxylic acids is 3. The Kier molecular flexibility index (Phi) is 6.15. The Balaban J connectivity index is 2.29. The summed E-state index contributed by atoms with van der Waals surface area (Å²) in [6.45, 7) is 5.79. The van der Waals surface area contributed by atoms with Gasteiger partial charge in [-0.3, -0.25) is 14.4 Å². The molecule has 2 N–H and O–H groups in total. The van der Waals surface area contributed by atoms with Gasteiger partial charge in [0.25, 0.3) is 5.91 Å². The van der Waals surface area contributed by atoms with Gasteiger partial charge in [-0.2, -0.15) is 0 Å². The SMILES string of the molecule is CN(CC(=O)NC(C)(C)C)C(=O)CCNC(=O)c1ccco1. The number of nitrogens with one attached hydrogen (secondary N) is 2. The van der Waals surface area contributed by atoms with Crippen LogP contribution >= 0.6 is 0 Å². The third-order valence-electron chi connectivity index (χ3n) is 2.69. The second kappa shape index (κ2) is 7.63. The summed E-state index contributed by atoms with van der Waals surface area (Å²) in [5.41, 5.74) is -0.335. The Bertz CT molecular complexity index is 517. The van der Waals surface area contributed by atoms with Gasteiger partial charge in [-0.15, -0.1) is 0 Å². The molecule has 1 aromatic rings. The molecule has 1 heterocycles. The molecular weight excluding hydrogens is 286 g/mol. The fourth-order valence-corrected chi connectivity index (χ4v) is 1.73. The molecule has 0 spiro atoms. The summed E-state index contributed by atoms with van der Waals surface area (Å²) in [7, 11) is 1.55. The number of amides is 3. The molecule has 7 heteroatoms. The van der Waals surface area contributed by atoms with Crippen molar-refractivity contribution >= 4 is 17.7 Å². The van der Waals surface area contributed by atoms with Crippen LogP contribution in [0.25, 0.3) is 0 Å². The summed E-state index contributed by atoms with van der Waals surface area (Å²) < 4.78 is 4.94. The van der Waals surface area contributed by atoms with Crippen LogP contribution < -0.4 is 10.6 Å². The van der Waals surface area contributed by atoms with Crippen LogP contribution in [0.4, 0.5) is 0 Å². The van der Waals surface area contributed by atoms with Gasteiger partial charge in [0.1, 0.15) is 0 Å². The summed E-state index contributed by atoms with van der Waals surface area (Å²) in [6, 6.07) is 3.15. The molecule has 0 atom stereocenters. The summed E-state index contributed by atoms with van der Waals surface area (Å²) in [4.78, 5) is 36.5. The first-order valence-corrected chi connectivity index (χ1v) is 7.06. The molecule has 0 aliphatic heterocycles. The van der Waals surface area contributed by atoms with Gasteiger partial charge in [-0.25, -0.2) is 0 Å². The van der Waals surface area contributed by atoms with Crippen LogP contribution in [-0.2, 0) is 9.59 Å². The van der Waals surface area contributed by atoms with Gasteiger partial charge in [0, 0.05) is 25.6 Å². The highest BCUT2D eigenvalue weighted by Crippen LogP contribution is 2.00. The number of carbonyl (C=O) groups is 3. The average molecular weight is 309 g/mol. The van der Waals surface area contributed by atoms with Crippen molar-refractivity contribution in [3.05, 3.63) is 24.2 Å². The van der Waals surface area contributed by atoms with Crippen LogP contribution in [0.2, 0.25) is 0 Å². The second-order valence-electron chi connectivity index (χ2n) is 6.03. The molecule has 0 radical (unpaired) electrons. The lowest BCUT2D eigenvalue weighted by Crippen LogP contribution is -2.46. The van der Waals surface area contributed by atoms with E-state index in [0.717, 1.165) is 0 Å². The molecule has 0 fully saturated rings. The predicted octanol–water partition coefficient (Wildman–Crippen LogP) is 0.773. The van der Waals surface area contributed by atoms with E-state index < -0.39 is 0 Å². The maximum absolute atomic E-state index is 11.9. The first-order valence-electron chi connectivity index (χ1n) is 7.06. The highest BCUT2D eigenvalue weighted by atomic mass is 16.3. The monoisotopic (exact) mass is 309 g/mol. The van der Waals surface area contributed by atoms with Crippen molar-refractivity contribution in [3.63, 3.8) is 0 Å². The summed E-state index contributed by atoms with van der Waals surface area (Å²) in [6.07, 6.45) is 1.52. The van der Waals surface area contributed by atoms with Crippen LogP contribution in [0.5, 0.6) is 0 Å². The minimum absolute atomic E-state index is 0.0117. The molecule has 3 amide bonds. The Morgan fingerprint density at radius 3 is 2.50 bits per heavy atom. The lowest BCUT2D eigenvalue weighted by Gasteiger charge is -2.23. The molecule has 1 aromatic heterocycles. The van der Waals surface area contributed by atoms with E-state index in [1.807, 2.05) is 20.8 Å². The molecule has 0 aliphatic carbocycles. The molecule has 0 bridgehead atoms. The normalized spacial score (nSPS) is 10.9. The van der Waals surface area contributed by atoms with E-state index in [1.165, 1.54) is 11.2 Å². The van der Waals surface area contributed by atoms with E-state index in [9.17, 15) is 14.4 Å². The van der Waals surface area contributed by atoms with Crippen LogP contribution in [0, 0.1) is 0 Å². The molecule has 0 saturated carbocycles. The average Bonchev–Trinajstić information content (AvgIpc) is 2.89. The minimum Gasteiger partial charge on any atom is -0.459 e. The molecule has 0 aliphatic rings. The van der Waals surface area contributed by atoms with Gasteiger partial charge < -0.3 is 20.0 Å². The highest BCUT2D eigenvalue weighted by molar-refractivity contribution is 5.91. The highest BCUT2D eigenvalue weighted by Gasteiger charge is 2.18. The zero-order valence-electron chi connectivity index (χ0n) is 13.4. The van der Waals surface area contributed by atoms with Gasteiger partial charge in [0.05, 0.1) is 12.8 Å². The Morgan fingerprint density at radius 1 is 1.27 bits per heavy atom. The molecule has 0 aromatic carbocycles. The van der Waals surface area contributed by atoms with E-state index in [4.69, 9.17) is 4.42 Å². The van der Waals surface area contributed by atoms with E-state index in [-0.39, 0.29) is 48.5 Å². The number of likely N-dealkylation sites (N-methyl/N-ethyl adjacent to an activating group) is 1. The van der Waals surface area contributed by atoms with E-state index in [1.54, 1.807) is 19.2 Å². The summed E-state index contributed by atoms with van der Waals surface area (Å²) >= 11 is 0. The molecule has 22 heavy (non-hydrogen) atoms. The third-order valence-corrected chi connectivity index (χ3v) is 2.69. The summed E-state index contributed by atoms with van der Waals surface area (Å²) in [5.74, 6) is -0.608. The smallest absolute Gasteiger partial charge is 0.286 e. The van der Waals surface area contributed by atoms with Gasteiger partial charge in [-0.1, -0.05) is 0 Å². The lowest BCUT2D eigenvalue weighted by molar-refractivity contribution is -0.135. The Hall–Kier alpha value is -2.31. The second-order valence-corrected chi connectivity index (χ2v) is 6.03. The van der Waals surface area contributed by atoms with Crippen molar-refractivity contribution in [1.29, 1.82) is 0 Å². The topological polar surface area (TPSA) is 91.7 Å². The van der Waals surface area contributed by atoms with Gasteiger partial charge in [-0.05, 0) is 32.9 Å². The van der Waals surface area contributed by atoms with E-state index >= 15 is 0 Å². The molecule has 7 nitrogen and oxygen atoms in total. The lowest BCUT2D eigenvalue weighted by atomic mass is 10.1. The summed E-state index contributed by atoms with van der Waals surface area (Å²) in [5, 5.41) is 5.36. The van der Waals surface area contributed by atoms with Crippen molar-refractivity contribution in [2.75, 3.05) is 20.1 Å². The molecular formula is C15H23N3O4.